The smallest absolute Gasteiger partial charge is 0.123 e. The van der Waals surface area contributed by atoms with E-state index in [4.69, 9.17) is 5.11 Å². The summed E-state index contributed by atoms with van der Waals surface area (Å²) in [4.78, 5) is 0. The standard InChI is InChI=1S/C11H16FNO/c1-13-11(6-3-7-14)9-4-2-5-10(12)8-9/h2,4-5,8,11,13-14H,3,6-7H2,1H3. The maximum Gasteiger partial charge on any atom is 0.123 e. The Morgan fingerprint density at radius 3 is 2.86 bits per heavy atom. The number of rotatable bonds is 5. The van der Waals surface area contributed by atoms with Crippen molar-refractivity contribution in [1.82, 2.24) is 5.32 Å². The van der Waals surface area contributed by atoms with Gasteiger partial charge in [-0.2, -0.15) is 0 Å². The molecule has 0 radical (unpaired) electrons. The van der Waals surface area contributed by atoms with E-state index in [2.05, 4.69) is 5.32 Å². The quantitative estimate of drug-likeness (QED) is 0.755. The summed E-state index contributed by atoms with van der Waals surface area (Å²) in [5.41, 5.74) is 0.931. The van der Waals surface area contributed by atoms with Gasteiger partial charge in [-0.15, -0.1) is 0 Å². The third-order valence-electron chi connectivity index (χ3n) is 2.25. The Labute approximate surface area is 83.8 Å². The zero-order valence-corrected chi connectivity index (χ0v) is 8.33. The SMILES string of the molecule is CNC(CCCO)c1cccc(F)c1. The zero-order valence-electron chi connectivity index (χ0n) is 8.33. The highest BCUT2D eigenvalue weighted by Gasteiger charge is 2.08. The van der Waals surface area contributed by atoms with Gasteiger partial charge in [-0.25, -0.2) is 4.39 Å². The van der Waals surface area contributed by atoms with Crippen LogP contribution < -0.4 is 5.32 Å². The second-order valence-corrected chi connectivity index (χ2v) is 3.26. The van der Waals surface area contributed by atoms with Crippen molar-refractivity contribution in [3.63, 3.8) is 0 Å². The van der Waals surface area contributed by atoms with Crippen molar-refractivity contribution in [1.29, 1.82) is 0 Å². The van der Waals surface area contributed by atoms with E-state index in [9.17, 15) is 4.39 Å². The molecule has 1 atom stereocenters. The van der Waals surface area contributed by atoms with Crippen LogP contribution in [0.25, 0.3) is 0 Å². The molecule has 1 rings (SSSR count). The molecule has 0 heterocycles. The van der Waals surface area contributed by atoms with Gasteiger partial charge in [0.2, 0.25) is 0 Å². The summed E-state index contributed by atoms with van der Waals surface area (Å²) in [5, 5.41) is 11.8. The number of aliphatic hydroxyl groups excluding tert-OH is 1. The van der Waals surface area contributed by atoms with Gasteiger partial charge in [-0.05, 0) is 37.6 Å². The normalized spacial score (nSPS) is 12.8. The maximum atomic E-state index is 12.9. The lowest BCUT2D eigenvalue weighted by atomic mass is 10.0. The Morgan fingerprint density at radius 2 is 2.29 bits per heavy atom. The van der Waals surface area contributed by atoms with E-state index in [1.807, 2.05) is 13.1 Å². The first kappa shape index (κ1) is 11.1. The average molecular weight is 197 g/mol. The van der Waals surface area contributed by atoms with Gasteiger partial charge >= 0.3 is 0 Å². The lowest BCUT2D eigenvalue weighted by molar-refractivity contribution is 0.276. The van der Waals surface area contributed by atoms with Crippen molar-refractivity contribution in [3.05, 3.63) is 35.6 Å². The van der Waals surface area contributed by atoms with Crippen molar-refractivity contribution in [2.24, 2.45) is 0 Å². The molecule has 0 bridgehead atoms. The van der Waals surface area contributed by atoms with E-state index in [0.717, 1.165) is 18.4 Å². The fourth-order valence-corrected chi connectivity index (χ4v) is 1.50. The zero-order chi connectivity index (χ0) is 10.4. The summed E-state index contributed by atoms with van der Waals surface area (Å²) in [6.45, 7) is 0.174. The molecule has 78 valence electrons. The Bertz CT molecular complexity index is 278. The molecule has 0 saturated heterocycles. The maximum absolute atomic E-state index is 12.9. The lowest BCUT2D eigenvalue weighted by Crippen LogP contribution is -2.16. The first-order valence-corrected chi connectivity index (χ1v) is 4.81. The molecule has 14 heavy (non-hydrogen) atoms. The van der Waals surface area contributed by atoms with Crippen molar-refractivity contribution in [2.75, 3.05) is 13.7 Å². The van der Waals surface area contributed by atoms with Crippen LogP contribution in [0.5, 0.6) is 0 Å². The first-order valence-electron chi connectivity index (χ1n) is 4.81. The van der Waals surface area contributed by atoms with Gasteiger partial charge in [-0.1, -0.05) is 12.1 Å². The molecule has 0 aromatic heterocycles. The van der Waals surface area contributed by atoms with Gasteiger partial charge in [0.05, 0.1) is 0 Å². The highest BCUT2D eigenvalue weighted by Crippen LogP contribution is 2.18. The predicted molar refractivity (Wildman–Crippen MR) is 54.5 cm³/mol. The molecule has 1 aromatic carbocycles. The van der Waals surface area contributed by atoms with Crippen LogP contribution in [-0.2, 0) is 0 Å². The molecule has 0 aliphatic carbocycles. The van der Waals surface area contributed by atoms with Gasteiger partial charge in [0.1, 0.15) is 5.82 Å². The van der Waals surface area contributed by atoms with Gasteiger partial charge in [-0.3, -0.25) is 0 Å². The van der Waals surface area contributed by atoms with Crippen LogP contribution in [0.3, 0.4) is 0 Å². The summed E-state index contributed by atoms with van der Waals surface area (Å²) < 4.78 is 12.9. The number of benzene rings is 1. The number of hydrogen-bond acceptors (Lipinski definition) is 2. The van der Waals surface area contributed by atoms with Crippen LogP contribution in [0.15, 0.2) is 24.3 Å². The van der Waals surface area contributed by atoms with Crippen LogP contribution in [-0.4, -0.2) is 18.8 Å². The largest absolute Gasteiger partial charge is 0.396 e. The summed E-state index contributed by atoms with van der Waals surface area (Å²) in [7, 11) is 1.84. The summed E-state index contributed by atoms with van der Waals surface area (Å²) in [5.74, 6) is -0.216. The fourth-order valence-electron chi connectivity index (χ4n) is 1.50. The van der Waals surface area contributed by atoms with E-state index in [-0.39, 0.29) is 18.5 Å². The molecule has 2 nitrogen and oxygen atoms in total. The monoisotopic (exact) mass is 197 g/mol. The van der Waals surface area contributed by atoms with Crippen LogP contribution in [0.4, 0.5) is 4.39 Å². The molecule has 1 aromatic rings. The minimum Gasteiger partial charge on any atom is -0.396 e. The molecule has 0 aliphatic rings. The average Bonchev–Trinajstić information content (AvgIpc) is 2.19. The highest BCUT2D eigenvalue weighted by atomic mass is 19.1. The topological polar surface area (TPSA) is 32.3 Å². The Kier molecular flexibility index (Phi) is 4.56. The molecular formula is C11H16FNO. The van der Waals surface area contributed by atoms with E-state index >= 15 is 0 Å². The van der Waals surface area contributed by atoms with E-state index in [0.29, 0.717) is 0 Å². The first-order chi connectivity index (χ1) is 6.77. The van der Waals surface area contributed by atoms with E-state index in [1.165, 1.54) is 12.1 Å². The molecule has 0 aliphatic heterocycles. The number of hydrogen-bond donors (Lipinski definition) is 2. The molecule has 0 spiro atoms. The van der Waals surface area contributed by atoms with Crippen molar-refractivity contribution >= 4 is 0 Å². The van der Waals surface area contributed by atoms with Crippen molar-refractivity contribution in [3.8, 4) is 0 Å². The van der Waals surface area contributed by atoms with Crippen LogP contribution >= 0.6 is 0 Å². The second-order valence-electron chi connectivity index (χ2n) is 3.26. The Hall–Kier alpha value is -0.930. The molecule has 3 heteroatoms. The second kappa shape index (κ2) is 5.73. The highest BCUT2D eigenvalue weighted by molar-refractivity contribution is 5.19. The molecule has 0 saturated carbocycles. The number of halogens is 1. The fraction of sp³-hybridized carbons (Fsp3) is 0.455. The van der Waals surface area contributed by atoms with Crippen molar-refractivity contribution < 1.29 is 9.50 Å². The third-order valence-corrected chi connectivity index (χ3v) is 2.25. The summed E-state index contributed by atoms with van der Waals surface area (Å²) >= 11 is 0. The third kappa shape index (κ3) is 3.09. The predicted octanol–water partition coefficient (Wildman–Crippen LogP) is 1.86. The Balaban J connectivity index is 2.68. The molecule has 2 N–H and O–H groups in total. The summed E-state index contributed by atoms with van der Waals surface area (Å²) in [6, 6.07) is 6.67. The van der Waals surface area contributed by atoms with Crippen LogP contribution in [0.2, 0.25) is 0 Å². The van der Waals surface area contributed by atoms with E-state index < -0.39 is 0 Å². The Morgan fingerprint density at radius 1 is 1.50 bits per heavy atom. The minimum absolute atomic E-state index is 0.123. The van der Waals surface area contributed by atoms with Crippen molar-refractivity contribution in [2.45, 2.75) is 18.9 Å². The van der Waals surface area contributed by atoms with Gasteiger partial charge in [0, 0.05) is 12.6 Å². The minimum atomic E-state index is -0.216. The van der Waals surface area contributed by atoms with Gasteiger partial charge in [0.15, 0.2) is 0 Å². The molecular weight excluding hydrogens is 181 g/mol. The van der Waals surface area contributed by atoms with Gasteiger partial charge in [0.25, 0.3) is 0 Å². The molecule has 0 amide bonds. The number of aliphatic hydroxyl groups is 1. The summed E-state index contributed by atoms with van der Waals surface area (Å²) in [6.07, 6.45) is 1.54. The number of nitrogens with one attached hydrogen (secondary N) is 1. The van der Waals surface area contributed by atoms with Gasteiger partial charge < -0.3 is 10.4 Å². The lowest BCUT2D eigenvalue weighted by Gasteiger charge is -2.15. The van der Waals surface area contributed by atoms with E-state index in [1.54, 1.807) is 6.07 Å². The van der Waals surface area contributed by atoms with Crippen LogP contribution in [0, 0.1) is 5.82 Å². The molecule has 0 fully saturated rings. The van der Waals surface area contributed by atoms with Crippen LogP contribution in [0.1, 0.15) is 24.4 Å². The molecule has 1 unspecified atom stereocenters.